The molecule has 1 unspecified atom stereocenters. The van der Waals surface area contributed by atoms with Gasteiger partial charge in [-0.05, 0) is 32.3 Å². The van der Waals surface area contributed by atoms with Gasteiger partial charge in [0.15, 0.2) is 5.82 Å². The summed E-state index contributed by atoms with van der Waals surface area (Å²) < 4.78 is 5.74. The number of fused-ring (bicyclic) bond motifs is 2. The first kappa shape index (κ1) is 19.2. The lowest BCUT2D eigenvalue weighted by Gasteiger charge is -2.23. The fourth-order valence-electron chi connectivity index (χ4n) is 3.55. The van der Waals surface area contributed by atoms with Crippen LogP contribution in [0.5, 0.6) is 5.75 Å². The Balaban J connectivity index is 1.43. The summed E-state index contributed by atoms with van der Waals surface area (Å²) >= 11 is 0. The van der Waals surface area contributed by atoms with Gasteiger partial charge in [0.05, 0.1) is 34.7 Å². The molecule has 0 saturated carbocycles. The summed E-state index contributed by atoms with van der Waals surface area (Å²) in [6, 6.07) is 5.71. The molecule has 4 aromatic heterocycles. The van der Waals surface area contributed by atoms with Gasteiger partial charge >= 0.3 is 0 Å². The second-order valence-electron chi connectivity index (χ2n) is 7.57. The van der Waals surface area contributed by atoms with E-state index in [0.717, 1.165) is 45.7 Å². The van der Waals surface area contributed by atoms with Crippen molar-refractivity contribution in [3.63, 3.8) is 0 Å². The zero-order valence-corrected chi connectivity index (χ0v) is 17.3. The zero-order chi connectivity index (χ0) is 21.4. The first-order valence-corrected chi connectivity index (χ1v) is 9.93. The van der Waals surface area contributed by atoms with Crippen molar-refractivity contribution < 1.29 is 4.74 Å². The lowest BCUT2D eigenvalue weighted by Crippen LogP contribution is -2.33. The van der Waals surface area contributed by atoms with E-state index in [2.05, 4.69) is 35.5 Å². The van der Waals surface area contributed by atoms with Gasteiger partial charge in [0, 0.05) is 36.3 Å². The molecule has 0 fully saturated rings. The van der Waals surface area contributed by atoms with Crippen molar-refractivity contribution in [3.05, 3.63) is 54.7 Å². The molecule has 5 heterocycles. The first-order valence-electron chi connectivity index (χ1n) is 9.93. The number of anilines is 2. The predicted molar refractivity (Wildman–Crippen MR) is 118 cm³/mol. The van der Waals surface area contributed by atoms with Gasteiger partial charge in [-0.25, -0.2) is 9.99 Å². The summed E-state index contributed by atoms with van der Waals surface area (Å²) in [5, 5.41) is 9.78. The van der Waals surface area contributed by atoms with Crippen LogP contribution >= 0.6 is 0 Å². The highest BCUT2D eigenvalue weighted by atomic mass is 16.5. The van der Waals surface area contributed by atoms with Crippen LogP contribution in [0.15, 0.2) is 49.2 Å². The molecule has 5 rings (SSSR count). The predicted octanol–water partition coefficient (Wildman–Crippen LogP) is 2.16. The van der Waals surface area contributed by atoms with Gasteiger partial charge in [0.1, 0.15) is 18.5 Å². The molecule has 0 saturated heterocycles. The standard InChI is InChI=1S/C21H23N9O/c1-29(2)7-8-31-13-3-4-17(25-9-13)14-10-23-11-16-19(14)28-30(20(16)22)21-15-12-26-27-18(15)5-6-24-21/h3-6,9-12,20,28H,7-8,22H2,1-2H3,(H,26,27). The number of ether oxygens (including phenoxy) is 1. The Morgan fingerprint density at radius 1 is 1.13 bits per heavy atom. The van der Waals surface area contributed by atoms with Gasteiger partial charge in [0.25, 0.3) is 0 Å². The van der Waals surface area contributed by atoms with Crippen LogP contribution in [-0.2, 0) is 0 Å². The number of hydrazine groups is 1. The Hall–Kier alpha value is -3.76. The second-order valence-corrected chi connectivity index (χ2v) is 7.57. The molecule has 0 amide bonds. The minimum absolute atomic E-state index is 0.455. The fourth-order valence-corrected chi connectivity index (χ4v) is 3.55. The molecule has 4 aromatic rings. The topological polar surface area (TPSA) is 121 Å². The first-order chi connectivity index (χ1) is 15.1. The van der Waals surface area contributed by atoms with Crippen molar-refractivity contribution in [1.82, 2.24) is 30.0 Å². The molecule has 0 aromatic carbocycles. The smallest absolute Gasteiger partial charge is 0.159 e. The van der Waals surface area contributed by atoms with Crippen molar-refractivity contribution in [2.45, 2.75) is 6.17 Å². The van der Waals surface area contributed by atoms with Crippen LogP contribution < -0.4 is 20.9 Å². The van der Waals surface area contributed by atoms with Crippen molar-refractivity contribution in [3.8, 4) is 17.0 Å². The number of likely N-dealkylation sites (N-methyl/N-ethyl adjacent to an activating group) is 1. The third-order valence-corrected chi connectivity index (χ3v) is 5.20. The van der Waals surface area contributed by atoms with Crippen molar-refractivity contribution in [2.24, 2.45) is 5.73 Å². The molecule has 1 atom stereocenters. The second kappa shape index (κ2) is 7.82. The Morgan fingerprint density at radius 2 is 2.03 bits per heavy atom. The van der Waals surface area contributed by atoms with E-state index < -0.39 is 6.17 Å². The van der Waals surface area contributed by atoms with Gasteiger partial charge in [-0.3, -0.25) is 20.5 Å². The lowest BCUT2D eigenvalue weighted by atomic mass is 10.1. The number of aromatic amines is 1. The minimum atomic E-state index is -0.455. The van der Waals surface area contributed by atoms with Crippen molar-refractivity contribution in [1.29, 1.82) is 0 Å². The van der Waals surface area contributed by atoms with Gasteiger partial charge in [-0.15, -0.1) is 0 Å². The Morgan fingerprint density at radius 3 is 2.84 bits per heavy atom. The van der Waals surface area contributed by atoms with Gasteiger partial charge in [-0.2, -0.15) is 5.10 Å². The van der Waals surface area contributed by atoms with Crippen LogP contribution in [0, 0.1) is 0 Å². The minimum Gasteiger partial charge on any atom is -0.491 e. The van der Waals surface area contributed by atoms with E-state index >= 15 is 0 Å². The molecule has 31 heavy (non-hydrogen) atoms. The maximum absolute atomic E-state index is 6.54. The van der Waals surface area contributed by atoms with Crippen LogP contribution in [0.2, 0.25) is 0 Å². The number of pyridine rings is 3. The number of rotatable bonds is 6. The summed E-state index contributed by atoms with van der Waals surface area (Å²) in [5.74, 6) is 1.42. The van der Waals surface area contributed by atoms with Crippen LogP contribution in [0.1, 0.15) is 11.7 Å². The summed E-state index contributed by atoms with van der Waals surface area (Å²) in [7, 11) is 4.02. The van der Waals surface area contributed by atoms with Crippen molar-refractivity contribution in [2.75, 3.05) is 37.7 Å². The Labute approximate surface area is 179 Å². The van der Waals surface area contributed by atoms with E-state index in [-0.39, 0.29) is 0 Å². The average molecular weight is 417 g/mol. The third-order valence-electron chi connectivity index (χ3n) is 5.20. The average Bonchev–Trinajstić information content (AvgIpc) is 3.39. The number of hydrogen-bond acceptors (Lipinski definition) is 9. The van der Waals surface area contributed by atoms with E-state index in [1.165, 1.54) is 0 Å². The number of nitrogens with one attached hydrogen (secondary N) is 2. The number of hydrogen-bond donors (Lipinski definition) is 3. The highest BCUT2D eigenvalue weighted by Crippen LogP contribution is 2.41. The Kier molecular flexibility index (Phi) is 4.85. The molecule has 10 heteroatoms. The molecule has 0 radical (unpaired) electrons. The highest BCUT2D eigenvalue weighted by Gasteiger charge is 2.32. The molecular weight excluding hydrogens is 394 g/mol. The van der Waals surface area contributed by atoms with E-state index in [9.17, 15) is 0 Å². The van der Waals surface area contributed by atoms with Gasteiger partial charge in [0.2, 0.25) is 0 Å². The number of nitrogens with two attached hydrogens (primary N) is 1. The van der Waals surface area contributed by atoms with Gasteiger partial charge < -0.3 is 15.4 Å². The summed E-state index contributed by atoms with van der Waals surface area (Å²) in [5.41, 5.74) is 14.2. The van der Waals surface area contributed by atoms with Crippen molar-refractivity contribution >= 4 is 22.4 Å². The SMILES string of the molecule is CN(C)CCOc1ccc(-c2cncc3c2NN(c2nccc4[nH]ncc24)C3N)nc1. The van der Waals surface area contributed by atoms with Crippen LogP contribution in [0.3, 0.4) is 0 Å². The number of H-pyrrole nitrogens is 1. The van der Waals surface area contributed by atoms with Crippen LogP contribution in [0.25, 0.3) is 22.2 Å². The summed E-state index contributed by atoms with van der Waals surface area (Å²) in [6.45, 7) is 1.45. The zero-order valence-electron chi connectivity index (χ0n) is 17.3. The maximum atomic E-state index is 6.54. The molecule has 1 aliphatic rings. The van der Waals surface area contributed by atoms with Gasteiger partial charge in [-0.1, -0.05) is 0 Å². The number of nitrogens with zero attached hydrogens (tertiary/aromatic N) is 6. The lowest BCUT2D eigenvalue weighted by molar-refractivity contribution is 0.260. The molecule has 4 N–H and O–H groups in total. The van der Waals surface area contributed by atoms with Crippen LogP contribution in [-0.4, -0.2) is 57.3 Å². The molecule has 10 nitrogen and oxygen atoms in total. The molecule has 0 bridgehead atoms. The number of aromatic nitrogens is 5. The molecule has 1 aliphatic heterocycles. The highest BCUT2D eigenvalue weighted by molar-refractivity contribution is 5.92. The quantitative estimate of drug-likeness (QED) is 0.433. The van der Waals surface area contributed by atoms with E-state index in [0.29, 0.717) is 12.4 Å². The van der Waals surface area contributed by atoms with E-state index in [1.54, 1.807) is 31.0 Å². The maximum Gasteiger partial charge on any atom is 0.159 e. The summed E-state index contributed by atoms with van der Waals surface area (Å²) in [6.07, 6.45) is 8.29. The van der Waals surface area contributed by atoms with E-state index in [1.807, 2.05) is 37.3 Å². The fraction of sp³-hybridized carbons (Fsp3) is 0.238. The third kappa shape index (κ3) is 3.51. The largest absolute Gasteiger partial charge is 0.491 e. The molecule has 0 aliphatic carbocycles. The van der Waals surface area contributed by atoms with E-state index in [4.69, 9.17) is 10.5 Å². The molecular formula is C21H23N9O. The molecule has 0 spiro atoms. The summed E-state index contributed by atoms with van der Waals surface area (Å²) in [4.78, 5) is 15.6. The molecule has 158 valence electrons. The monoisotopic (exact) mass is 417 g/mol. The normalized spacial score (nSPS) is 15.4. The van der Waals surface area contributed by atoms with Crippen LogP contribution in [0.4, 0.5) is 11.5 Å². The Bertz CT molecular complexity index is 1210.